The van der Waals surface area contributed by atoms with Gasteiger partial charge in [-0.05, 0) is 30.7 Å². The van der Waals surface area contributed by atoms with Crippen molar-refractivity contribution in [1.29, 1.82) is 0 Å². The molecule has 1 saturated heterocycles. The Morgan fingerprint density at radius 2 is 2.28 bits per heavy atom. The van der Waals surface area contributed by atoms with Gasteiger partial charge in [0.1, 0.15) is 18.0 Å². The minimum absolute atomic E-state index is 0.00463. The molecule has 3 heterocycles. The highest BCUT2D eigenvalue weighted by Gasteiger charge is 2.23. The van der Waals surface area contributed by atoms with Crippen LogP contribution < -0.4 is 10.1 Å². The number of hydrogen-bond acceptors (Lipinski definition) is 4. The van der Waals surface area contributed by atoms with E-state index in [1.165, 1.54) is 0 Å². The lowest BCUT2D eigenvalue weighted by Gasteiger charge is -2.11. The normalized spacial score (nSPS) is 16.9. The molecule has 128 valence electrons. The SMILES string of the molecule is O=C(Nc1cccc(OCc2cn3ccccc3n2)c1)C1CCOC1. The smallest absolute Gasteiger partial charge is 0.229 e. The Kier molecular flexibility index (Phi) is 4.35. The van der Waals surface area contributed by atoms with Gasteiger partial charge in [-0.1, -0.05) is 12.1 Å². The number of pyridine rings is 1. The van der Waals surface area contributed by atoms with E-state index in [4.69, 9.17) is 9.47 Å². The summed E-state index contributed by atoms with van der Waals surface area (Å²) in [6.45, 7) is 1.52. The molecule has 1 fully saturated rings. The van der Waals surface area contributed by atoms with Crippen molar-refractivity contribution >= 4 is 17.2 Å². The van der Waals surface area contributed by atoms with Gasteiger partial charge in [0, 0.05) is 30.8 Å². The number of carbonyl (C=O) groups is 1. The zero-order valence-electron chi connectivity index (χ0n) is 13.7. The maximum atomic E-state index is 12.2. The van der Waals surface area contributed by atoms with Crippen LogP contribution in [0, 0.1) is 5.92 Å². The lowest BCUT2D eigenvalue weighted by atomic mass is 10.1. The van der Waals surface area contributed by atoms with Crippen molar-refractivity contribution in [2.24, 2.45) is 5.92 Å². The van der Waals surface area contributed by atoms with Crippen molar-refractivity contribution in [3.63, 3.8) is 0 Å². The standard InChI is InChI=1S/C19H19N3O3/c23-19(14-7-9-24-12-14)21-15-4-3-5-17(10-15)25-13-16-11-22-8-2-1-6-18(22)20-16/h1-6,8,10-11,14H,7,9,12-13H2,(H,21,23). The van der Waals surface area contributed by atoms with E-state index in [0.717, 1.165) is 23.4 Å². The minimum Gasteiger partial charge on any atom is -0.487 e. The summed E-state index contributed by atoms with van der Waals surface area (Å²) < 4.78 is 13.0. The van der Waals surface area contributed by atoms with Gasteiger partial charge in [-0.2, -0.15) is 0 Å². The molecule has 0 aliphatic carbocycles. The third kappa shape index (κ3) is 3.64. The Bertz CT molecular complexity index is 851. The van der Waals surface area contributed by atoms with Crippen LogP contribution in [0.15, 0.2) is 54.9 Å². The monoisotopic (exact) mass is 337 g/mol. The van der Waals surface area contributed by atoms with Crippen molar-refractivity contribution in [3.05, 3.63) is 60.6 Å². The molecule has 25 heavy (non-hydrogen) atoms. The number of hydrogen-bond donors (Lipinski definition) is 1. The van der Waals surface area contributed by atoms with Crippen molar-refractivity contribution in [1.82, 2.24) is 9.38 Å². The summed E-state index contributed by atoms with van der Waals surface area (Å²) in [7, 11) is 0. The molecule has 0 bridgehead atoms. The molecule has 1 aliphatic rings. The van der Waals surface area contributed by atoms with Crippen LogP contribution >= 0.6 is 0 Å². The van der Waals surface area contributed by atoms with Gasteiger partial charge in [0.15, 0.2) is 0 Å². The van der Waals surface area contributed by atoms with Crippen LogP contribution in [0.1, 0.15) is 12.1 Å². The molecule has 6 heteroatoms. The molecule has 1 aliphatic heterocycles. The second-order valence-corrected chi connectivity index (χ2v) is 6.06. The largest absolute Gasteiger partial charge is 0.487 e. The number of rotatable bonds is 5. The van der Waals surface area contributed by atoms with Gasteiger partial charge >= 0.3 is 0 Å². The van der Waals surface area contributed by atoms with Crippen molar-refractivity contribution in [2.45, 2.75) is 13.0 Å². The number of ether oxygens (including phenoxy) is 2. The van der Waals surface area contributed by atoms with Gasteiger partial charge in [-0.3, -0.25) is 4.79 Å². The second-order valence-electron chi connectivity index (χ2n) is 6.06. The highest BCUT2D eigenvalue weighted by Crippen LogP contribution is 2.21. The fourth-order valence-electron chi connectivity index (χ4n) is 2.86. The number of nitrogens with zero attached hydrogens (tertiary/aromatic N) is 2. The predicted octanol–water partition coefficient (Wildman–Crippen LogP) is 2.89. The first-order chi connectivity index (χ1) is 12.3. The Morgan fingerprint density at radius 1 is 1.32 bits per heavy atom. The van der Waals surface area contributed by atoms with Gasteiger partial charge in [-0.15, -0.1) is 0 Å². The van der Waals surface area contributed by atoms with Crippen LogP contribution in [0.2, 0.25) is 0 Å². The number of amides is 1. The van der Waals surface area contributed by atoms with E-state index in [0.29, 0.717) is 25.6 Å². The van der Waals surface area contributed by atoms with Crippen molar-refractivity contribution < 1.29 is 14.3 Å². The molecule has 2 aromatic heterocycles. The summed E-state index contributed by atoms with van der Waals surface area (Å²) in [5.41, 5.74) is 2.47. The fraction of sp³-hybridized carbons (Fsp3) is 0.263. The van der Waals surface area contributed by atoms with Gasteiger partial charge in [0.25, 0.3) is 0 Å². The lowest BCUT2D eigenvalue weighted by molar-refractivity contribution is -0.119. The molecule has 0 saturated carbocycles. The number of fused-ring (bicyclic) bond motifs is 1. The van der Waals surface area contributed by atoms with E-state index in [9.17, 15) is 4.79 Å². The third-order valence-electron chi connectivity index (χ3n) is 4.20. The Balaban J connectivity index is 1.39. The molecular formula is C19H19N3O3. The van der Waals surface area contributed by atoms with Crippen molar-refractivity contribution in [3.8, 4) is 5.75 Å². The first kappa shape index (κ1) is 15.7. The number of carbonyl (C=O) groups excluding carboxylic acids is 1. The summed E-state index contributed by atoms with van der Waals surface area (Å²) >= 11 is 0. The zero-order chi connectivity index (χ0) is 17.1. The highest BCUT2D eigenvalue weighted by molar-refractivity contribution is 5.92. The molecule has 1 atom stereocenters. The number of nitrogens with one attached hydrogen (secondary N) is 1. The molecule has 6 nitrogen and oxygen atoms in total. The summed E-state index contributed by atoms with van der Waals surface area (Å²) in [4.78, 5) is 16.7. The molecular weight excluding hydrogens is 318 g/mol. The van der Waals surface area contributed by atoms with Crippen LogP contribution in [0.4, 0.5) is 5.69 Å². The maximum Gasteiger partial charge on any atom is 0.229 e. The van der Waals surface area contributed by atoms with E-state index < -0.39 is 0 Å². The van der Waals surface area contributed by atoms with Crippen LogP contribution in [-0.4, -0.2) is 28.5 Å². The Morgan fingerprint density at radius 3 is 3.12 bits per heavy atom. The molecule has 1 amide bonds. The summed E-state index contributed by atoms with van der Waals surface area (Å²) in [6.07, 6.45) is 4.67. The molecule has 1 aromatic carbocycles. The molecule has 0 radical (unpaired) electrons. The topological polar surface area (TPSA) is 64.9 Å². The third-order valence-corrected chi connectivity index (χ3v) is 4.20. The molecule has 3 aromatic rings. The Labute approximate surface area is 145 Å². The van der Waals surface area contributed by atoms with Gasteiger partial charge in [0.05, 0.1) is 18.2 Å². The van der Waals surface area contributed by atoms with E-state index in [-0.39, 0.29) is 11.8 Å². The zero-order valence-corrected chi connectivity index (χ0v) is 13.7. The number of benzene rings is 1. The van der Waals surface area contributed by atoms with Crippen LogP contribution in [0.5, 0.6) is 5.75 Å². The second kappa shape index (κ2) is 6.94. The number of aromatic nitrogens is 2. The van der Waals surface area contributed by atoms with Crippen LogP contribution in [-0.2, 0) is 16.1 Å². The van der Waals surface area contributed by atoms with E-state index >= 15 is 0 Å². The van der Waals surface area contributed by atoms with Gasteiger partial charge in [-0.25, -0.2) is 4.98 Å². The van der Waals surface area contributed by atoms with Gasteiger partial charge in [0.2, 0.25) is 5.91 Å². The number of imidazole rings is 1. The summed E-state index contributed by atoms with van der Waals surface area (Å²) in [6, 6.07) is 13.3. The molecule has 4 rings (SSSR count). The lowest BCUT2D eigenvalue weighted by Crippen LogP contribution is -2.22. The molecule has 1 N–H and O–H groups in total. The average molecular weight is 337 g/mol. The predicted molar refractivity (Wildman–Crippen MR) is 93.5 cm³/mol. The molecule has 1 unspecified atom stereocenters. The quantitative estimate of drug-likeness (QED) is 0.777. The summed E-state index contributed by atoms with van der Waals surface area (Å²) in [5, 5.41) is 2.93. The maximum absolute atomic E-state index is 12.2. The minimum atomic E-state index is -0.0671. The van der Waals surface area contributed by atoms with E-state index in [1.54, 1.807) is 0 Å². The highest BCUT2D eigenvalue weighted by atomic mass is 16.5. The first-order valence-corrected chi connectivity index (χ1v) is 8.32. The van der Waals surface area contributed by atoms with E-state index in [1.807, 2.05) is 59.3 Å². The van der Waals surface area contributed by atoms with Gasteiger partial charge < -0.3 is 19.2 Å². The summed E-state index contributed by atoms with van der Waals surface area (Å²) in [5.74, 6) is 0.620. The Hall–Kier alpha value is -2.86. The number of anilines is 1. The van der Waals surface area contributed by atoms with Crippen LogP contribution in [0.3, 0.4) is 0 Å². The average Bonchev–Trinajstić information content (AvgIpc) is 3.29. The van der Waals surface area contributed by atoms with Crippen LogP contribution in [0.25, 0.3) is 5.65 Å². The van der Waals surface area contributed by atoms with E-state index in [2.05, 4.69) is 10.3 Å². The van der Waals surface area contributed by atoms with Crippen molar-refractivity contribution in [2.75, 3.05) is 18.5 Å². The first-order valence-electron chi connectivity index (χ1n) is 8.32. The molecule has 0 spiro atoms. The fourth-order valence-corrected chi connectivity index (χ4v) is 2.86.